The van der Waals surface area contributed by atoms with E-state index in [1.165, 1.54) is 42.6 Å². The number of hydrogen-bond donors (Lipinski definition) is 0. The minimum atomic E-state index is 0.142. The van der Waals surface area contributed by atoms with Gasteiger partial charge in [-0.05, 0) is 87.4 Å². The Balaban J connectivity index is 1.33. The van der Waals surface area contributed by atoms with E-state index >= 15 is 0 Å². The molecule has 1 amide bonds. The number of anilines is 2. The van der Waals surface area contributed by atoms with Crippen LogP contribution in [-0.4, -0.2) is 53.5 Å². The summed E-state index contributed by atoms with van der Waals surface area (Å²) in [6, 6.07) is 31.9. The lowest BCUT2D eigenvalue weighted by atomic mass is 9.94. The Morgan fingerprint density at radius 3 is 2.03 bits per heavy atom. The first-order chi connectivity index (χ1) is 18.7. The quantitative estimate of drug-likeness (QED) is 0.271. The molecular weight excluding hydrogens is 466 g/mol. The molecule has 0 aliphatic carbocycles. The molecule has 2 saturated heterocycles. The number of rotatable bonds is 11. The average Bonchev–Trinajstić information content (AvgIpc) is 3.20. The summed E-state index contributed by atoms with van der Waals surface area (Å²) >= 11 is 0. The Bertz CT molecular complexity index is 1130. The molecule has 4 nitrogen and oxygen atoms in total. The third-order valence-corrected chi connectivity index (χ3v) is 8.60. The highest BCUT2D eigenvalue weighted by molar-refractivity contribution is 5.94. The van der Waals surface area contributed by atoms with Gasteiger partial charge in [0.25, 0.3) is 5.91 Å². The maximum absolute atomic E-state index is 13.1. The van der Waals surface area contributed by atoms with Crippen LogP contribution in [0.15, 0.2) is 84.9 Å². The molecule has 38 heavy (non-hydrogen) atoms. The predicted molar refractivity (Wildman–Crippen MR) is 158 cm³/mol. The average molecular weight is 510 g/mol. The lowest BCUT2D eigenvalue weighted by Crippen LogP contribution is -2.50. The molecule has 200 valence electrons. The normalized spacial score (nSPS) is 20.8. The Labute approximate surface area is 229 Å². The molecule has 1 unspecified atom stereocenters. The summed E-state index contributed by atoms with van der Waals surface area (Å²) < 4.78 is 0. The van der Waals surface area contributed by atoms with Gasteiger partial charge >= 0.3 is 0 Å². The minimum Gasteiger partial charge on any atom is -0.339 e. The van der Waals surface area contributed by atoms with Crippen molar-refractivity contribution in [3.63, 3.8) is 0 Å². The van der Waals surface area contributed by atoms with Gasteiger partial charge in [-0.1, -0.05) is 61.9 Å². The van der Waals surface area contributed by atoms with E-state index in [1.807, 2.05) is 17.0 Å². The van der Waals surface area contributed by atoms with Gasteiger partial charge in [0.2, 0.25) is 0 Å². The number of unbranched alkanes of at least 4 members (excludes halogenated alkanes) is 1. The first-order valence-corrected chi connectivity index (χ1v) is 14.7. The molecule has 3 aromatic rings. The maximum Gasteiger partial charge on any atom is 0.253 e. The molecule has 0 radical (unpaired) electrons. The van der Waals surface area contributed by atoms with Gasteiger partial charge in [0.15, 0.2) is 0 Å². The van der Waals surface area contributed by atoms with Gasteiger partial charge in [-0.2, -0.15) is 0 Å². The van der Waals surface area contributed by atoms with Crippen molar-refractivity contribution in [3.8, 4) is 0 Å². The van der Waals surface area contributed by atoms with Crippen LogP contribution in [0.4, 0.5) is 11.4 Å². The van der Waals surface area contributed by atoms with Gasteiger partial charge in [0, 0.05) is 54.7 Å². The van der Waals surface area contributed by atoms with Crippen molar-refractivity contribution in [1.29, 1.82) is 0 Å². The Hall–Kier alpha value is -3.11. The first kappa shape index (κ1) is 26.5. The highest BCUT2D eigenvalue weighted by atomic mass is 16.2. The third-order valence-electron chi connectivity index (χ3n) is 8.60. The number of benzene rings is 3. The van der Waals surface area contributed by atoms with Gasteiger partial charge in [-0.3, -0.25) is 9.69 Å². The van der Waals surface area contributed by atoms with Crippen LogP contribution in [0.1, 0.15) is 68.3 Å². The summed E-state index contributed by atoms with van der Waals surface area (Å²) in [5, 5.41) is 0. The summed E-state index contributed by atoms with van der Waals surface area (Å²) in [6.45, 7) is 6.97. The zero-order valence-corrected chi connectivity index (χ0v) is 23.1. The summed E-state index contributed by atoms with van der Waals surface area (Å²) in [6.07, 6.45) is 8.24. The van der Waals surface area contributed by atoms with E-state index in [0.717, 1.165) is 44.5 Å². The zero-order valence-electron chi connectivity index (χ0n) is 23.1. The molecule has 2 heterocycles. The van der Waals surface area contributed by atoms with Gasteiger partial charge in [-0.25, -0.2) is 0 Å². The summed E-state index contributed by atoms with van der Waals surface area (Å²) in [4.78, 5) is 20.4. The number of hydrogen-bond acceptors (Lipinski definition) is 3. The van der Waals surface area contributed by atoms with Crippen LogP contribution in [0, 0.1) is 0 Å². The molecular formula is C34H43N3O. The van der Waals surface area contributed by atoms with Crippen molar-refractivity contribution in [2.24, 2.45) is 0 Å². The molecule has 2 bridgehead atoms. The summed E-state index contributed by atoms with van der Waals surface area (Å²) in [7, 11) is 0. The fourth-order valence-electron chi connectivity index (χ4n) is 6.58. The van der Waals surface area contributed by atoms with Crippen LogP contribution in [0.25, 0.3) is 0 Å². The smallest absolute Gasteiger partial charge is 0.253 e. The fourth-order valence-corrected chi connectivity index (χ4v) is 6.58. The predicted octanol–water partition coefficient (Wildman–Crippen LogP) is 7.33. The largest absolute Gasteiger partial charge is 0.339 e. The van der Waals surface area contributed by atoms with Crippen molar-refractivity contribution in [2.75, 3.05) is 24.5 Å². The second-order valence-electron chi connectivity index (χ2n) is 11.0. The molecule has 3 aromatic carbocycles. The van der Waals surface area contributed by atoms with Crippen LogP contribution in [-0.2, 0) is 6.42 Å². The van der Waals surface area contributed by atoms with Crippen molar-refractivity contribution < 1.29 is 4.79 Å². The van der Waals surface area contributed by atoms with Crippen LogP contribution < -0.4 is 4.90 Å². The molecule has 5 rings (SSSR count). The van der Waals surface area contributed by atoms with Crippen molar-refractivity contribution >= 4 is 17.3 Å². The van der Waals surface area contributed by atoms with Crippen molar-refractivity contribution in [2.45, 2.75) is 76.9 Å². The second kappa shape index (κ2) is 12.6. The molecule has 0 aromatic heterocycles. The maximum atomic E-state index is 13.1. The van der Waals surface area contributed by atoms with Crippen LogP contribution >= 0.6 is 0 Å². The van der Waals surface area contributed by atoms with E-state index in [9.17, 15) is 4.79 Å². The standard InChI is InChI=1S/C34H43N3O/c1-3-5-23-35(4-2)34(38)28-16-18-30(19-17-28)37(29-14-10-7-11-15-29)33-25-31-20-21-32(26-33)36(31)24-22-27-12-8-6-9-13-27/h6-19,31-33H,3-5,20-26H2,1-2H3/t31-,32+,33?. The number of para-hydroxylation sites is 1. The zero-order chi connectivity index (χ0) is 26.3. The van der Waals surface area contributed by atoms with Gasteiger partial charge in [0.05, 0.1) is 0 Å². The second-order valence-corrected chi connectivity index (χ2v) is 11.0. The van der Waals surface area contributed by atoms with E-state index in [-0.39, 0.29) is 5.91 Å². The lowest BCUT2D eigenvalue weighted by Gasteiger charge is -2.44. The molecule has 0 saturated carbocycles. The highest BCUT2D eigenvalue weighted by Gasteiger charge is 2.42. The number of amides is 1. The van der Waals surface area contributed by atoms with E-state index < -0.39 is 0 Å². The van der Waals surface area contributed by atoms with Crippen molar-refractivity contribution in [1.82, 2.24) is 9.80 Å². The topological polar surface area (TPSA) is 26.8 Å². The Morgan fingerprint density at radius 2 is 1.42 bits per heavy atom. The van der Waals surface area contributed by atoms with E-state index in [2.05, 4.69) is 96.4 Å². The number of nitrogens with zero attached hydrogens (tertiary/aromatic N) is 3. The summed E-state index contributed by atoms with van der Waals surface area (Å²) in [5.41, 5.74) is 4.65. The van der Waals surface area contributed by atoms with E-state index in [1.54, 1.807) is 0 Å². The summed E-state index contributed by atoms with van der Waals surface area (Å²) in [5.74, 6) is 0.142. The molecule has 3 atom stereocenters. The van der Waals surface area contributed by atoms with Gasteiger partial charge in [0.1, 0.15) is 0 Å². The number of piperidine rings is 1. The number of fused-ring (bicyclic) bond motifs is 2. The van der Waals surface area contributed by atoms with Crippen molar-refractivity contribution in [3.05, 3.63) is 96.1 Å². The monoisotopic (exact) mass is 509 g/mol. The highest BCUT2D eigenvalue weighted by Crippen LogP contribution is 2.41. The fraction of sp³-hybridized carbons (Fsp3) is 0.441. The van der Waals surface area contributed by atoms with Gasteiger partial charge in [-0.15, -0.1) is 0 Å². The molecule has 0 spiro atoms. The number of carbonyl (C=O) groups excluding carboxylic acids is 1. The Morgan fingerprint density at radius 1 is 0.816 bits per heavy atom. The molecule has 0 N–H and O–H groups in total. The van der Waals surface area contributed by atoms with Crippen LogP contribution in [0.3, 0.4) is 0 Å². The molecule has 2 fully saturated rings. The molecule has 4 heteroatoms. The van der Waals surface area contributed by atoms with Crippen LogP contribution in [0.2, 0.25) is 0 Å². The van der Waals surface area contributed by atoms with E-state index in [4.69, 9.17) is 0 Å². The minimum absolute atomic E-state index is 0.142. The lowest BCUT2D eigenvalue weighted by molar-refractivity contribution is 0.0762. The molecule has 2 aliphatic heterocycles. The van der Waals surface area contributed by atoms with E-state index in [0.29, 0.717) is 18.1 Å². The Kier molecular flexibility index (Phi) is 8.80. The number of carbonyl (C=O) groups is 1. The first-order valence-electron chi connectivity index (χ1n) is 14.7. The SMILES string of the molecule is CCCCN(CC)C(=O)c1ccc(N(c2ccccc2)C2C[C@H]3CC[C@@H](C2)N3CCc2ccccc2)cc1. The van der Waals surface area contributed by atoms with Gasteiger partial charge < -0.3 is 9.80 Å². The third kappa shape index (κ3) is 5.96. The molecule has 2 aliphatic rings. The van der Waals surface area contributed by atoms with Crippen LogP contribution in [0.5, 0.6) is 0 Å².